The second kappa shape index (κ2) is 7.22. The smallest absolute Gasteiger partial charge is 0.225 e. The van der Waals surface area contributed by atoms with Crippen LogP contribution in [0, 0.1) is 12.8 Å². The van der Waals surface area contributed by atoms with Gasteiger partial charge in [0.15, 0.2) is 0 Å². The lowest BCUT2D eigenvalue weighted by Gasteiger charge is -2.15. The Balaban J connectivity index is 1.83. The van der Waals surface area contributed by atoms with Crippen LogP contribution >= 0.6 is 0 Å². The largest absolute Gasteiger partial charge is 0.383 e. The summed E-state index contributed by atoms with van der Waals surface area (Å²) in [4.78, 5) is 25.6. The lowest BCUT2D eigenvalue weighted by atomic mass is 10.1. The highest BCUT2D eigenvalue weighted by Crippen LogP contribution is 2.17. The molecule has 0 saturated carbocycles. The van der Waals surface area contributed by atoms with Crippen molar-refractivity contribution in [2.24, 2.45) is 5.92 Å². The summed E-state index contributed by atoms with van der Waals surface area (Å²) in [6.45, 7) is 4.07. The third-order valence-corrected chi connectivity index (χ3v) is 3.70. The molecule has 5 nitrogen and oxygen atoms in total. The van der Waals surface area contributed by atoms with Crippen LogP contribution in [0.5, 0.6) is 0 Å². The van der Waals surface area contributed by atoms with Crippen molar-refractivity contribution >= 4 is 11.8 Å². The van der Waals surface area contributed by atoms with Crippen molar-refractivity contribution in [3.63, 3.8) is 0 Å². The summed E-state index contributed by atoms with van der Waals surface area (Å²) in [6.07, 6.45) is 0.295. The van der Waals surface area contributed by atoms with Crippen LogP contribution in [0.1, 0.15) is 17.5 Å². The van der Waals surface area contributed by atoms with Gasteiger partial charge in [-0.25, -0.2) is 0 Å². The Bertz CT molecular complexity index is 516. The highest BCUT2D eigenvalue weighted by atomic mass is 16.5. The van der Waals surface area contributed by atoms with Gasteiger partial charge < -0.3 is 15.0 Å². The zero-order valence-corrected chi connectivity index (χ0v) is 12.6. The predicted molar refractivity (Wildman–Crippen MR) is 79.6 cm³/mol. The van der Waals surface area contributed by atoms with E-state index >= 15 is 0 Å². The van der Waals surface area contributed by atoms with Crippen molar-refractivity contribution in [3.05, 3.63) is 35.4 Å². The zero-order valence-electron chi connectivity index (χ0n) is 12.6. The van der Waals surface area contributed by atoms with Crippen LogP contribution in [-0.2, 0) is 20.9 Å². The van der Waals surface area contributed by atoms with Crippen molar-refractivity contribution in [3.8, 4) is 0 Å². The summed E-state index contributed by atoms with van der Waals surface area (Å²) in [6, 6.07) is 8.03. The fourth-order valence-corrected chi connectivity index (χ4v) is 2.52. The van der Waals surface area contributed by atoms with E-state index in [1.165, 1.54) is 5.56 Å². The van der Waals surface area contributed by atoms with Gasteiger partial charge in [-0.2, -0.15) is 0 Å². The Kier molecular flexibility index (Phi) is 5.33. The second-order valence-electron chi connectivity index (χ2n) is 5.44. The first-order valence-corrected chi connectivity index (χ1v) is 7.20. The van der Waals surface area contributed by atoms with Crippen molar-refractivity contribution in [1.82, 2.24) is 10.2 Å². The average Bonchev–Trinajstić information content (AvgIpc) is 2.84. The molecule has 2 amide bonds. The first-order chi connectivity index (χ1) is 10.1. The standard InChI is InChI=1S/C16H22N2O3/c1-12-4-3-5-13(8-12)10-17-16(20)14-9-15(19)18(11-14)6-7-21-2/h3-5,8,14H,6-7,9-11H2,1-2H3,(H,17,20)/t14-/m0/s1. The van der Waals surface area contributed by atoms with Crippen LogP contribution < -0.4 is 5.32 Å². The highest BCUT2D eigenvalue weighted by molar-refractivity contribution is 5.89. The number of nitrogens with zero attached hydrogens (tertiary/aromatic N) is 1. The lowest BCUT2D eigenvalue weighted by Crippen LogP contribution is -2.33. The fourth-order valence-electron chi connectivity index (χ4n) is 2.52. The fraction of sp³-hybridized carbons (Fsp3) is 0.500. The van der Waals surface area contributed by atoms with E-state index in [-0.39, 0.29) is 17.7 Å². The van der Waals surface area contributed by atoms with Gasteiger partial charge in [0.25, 0.3) is 0 Å². The summed E-state index contributed by atoms with van der Waals surface area (Å²) in [5, 5.41) is 2.92. The Hall–Kier alpha value is -1.88. The van der Waals surface area contributed by atoms with E-state index in [9.17, 15) is 9.59 Å². The molecule has 0 radical (unpaired) electrons. The van der Waals surface area contributed by atoms with Gasteiger partial charge in [-0.05, 0) is 12.5 Å². The number of likely N-dealkylation sites (tertiary alicyclic amines) is 1. The summed E-state index contributed by atoms with van der Waals surface area (Å²) >= 11 is 0. The Morgan fingerprint density at radius 1 is 1.48 bits per heavy atom. The van der Waals surface area contributed by atoms with Gasteiger partial charge in [-0.15, -0.1) is 0 Å². The molecule has 1 aliphatic rings. The molecule has 1 N–H and O–H groups in total. The number of hydrogen-bond donors (Lipinski definition) is 1. The maximum atomic E-state index is 12.1. The average molecular weight is 290 g/mol. The minimum absolute atomic E-state index is 0.0303. The molecule has 21 heavy (non-hydrogen) atoms. The zero-order chi connectivity index (χ0) is 15.2. The molecule has 1 aromatic carbocycles. The van der Waals surface area contributed by atoms with E-state index in [1.807, 2.05) is 31.2 Å². The van der Waals surface area contributed by atoms with E-state index in [4.69, 9.17) is 4.74 Å². The molecule has 5 heteroatoms. The van der Waals surface area contributed by atoms with Crippen LogP contribution in [0.2, 0.25) is 0 Å². The molecule has 1 aliphatic heterocycles. The molecule has 1 atom stereocenters. The summed E-state index contributed by atoms with van der Waals surface area (Å²) in [5.41, 5.74) is 2.24. The monoisotopic (exact) mass is 290 g/mol. The number of benzene rings is 1. The van der Waals surface area contributed by atoms with E-state index in [2.05, 4.69) is 5.32 Å². The molecule has 1 aromatic rings. The maximum absolute atomic E-state index is 12.1. The number of amides is 2. The molecular weight excluding hydrogens is 268 g/mol. The summed E-state index contributed by atoms with van der Waals surface area (Å²) in [7, 11) is 1.60. The van der Waals surface area contributed by atoms with Gasteiger partial charge in [0, 0.05) is 33.2 Å². The number of ether oxygens (including phenoxy) is 1. The third-order valence-electron chi connectivity index (χ3n) is 3.70. The van der Waals surface area contributed by atoms with Crippen LogP contribution in [0.4, 0.5) is 0 Å². The first kappa shape index (κ1) is 15.5. The number of carbonyl (C=O) groups is 2. The molecule has 0 bridgehead atoms. The quantitative estimate of drug-likeness (QED) is 0.853. The number of rotatable bonds is 6. The molecule has 0 aliphatic carbocycles. The van der Waals surface area contributed by atoms with Gasteiger partial charge >= 0.3 is 0 Å². The lowest BCUT2D eigenvalue weighted by molar-refractivity contribution is -0.129. The minimum Gasteiger partial charge on any atom is -0.383 e. The molecule has 0 spiro atoms. The van der Waals surface area contributed by atoms with Gasteiger partial charge in [-0.3, -0.25) is 9.59 Å². The molecule has 2 rings (SSSR count). The van der Waals surface area contributed by atoms with Gasteiger partial charge in [0.2, 0.25) is 11.8 Å². The van der Waals surface area contributed by atoms with Crippen molar-refractivity contribution < 1.29 is 14.3 Å². The number of hydrogen-bond acceptors (Lipinski definition) is 3. The Morgan fingerprint density at radius 3 is 3.00 bits per heavy atom. The Morgan fingerprint density at radius 2 is 2.29 bits per heavy atom. The molecule has 114 valence electrons. The maximum Gasteiger partial charge on any atom is 0.225 e. The van der Waals surface area contributed by atoms with E-state index in [1.54, 1.807) is 12.0 Å². The minimum atomic E-state index is -0.251. The topological polar surface area (TPSA) is 58.6 Å². The van der Waals surface area contributed by atoms with Gasteiger partial charge in [0.05, 0.1) is 12.5 Å². The molecule has 1 fully saturated rings. The number of methoxy groups -OCH3 is 1. The van der Waals surface area contributed by atoms with E-state index in [0.29, 0.717) is 32.7 Å². The van der Waals surface area contributed by atoms with Crippen molar-refractivity contribution in [2.45, 2.75) is 19.9 Å². The van der Waals surface area contributed by atoms with Crippen LogP contribution in [0.25, 0.3) is 0 Å². The summed E-state index contributed by atoms with van der Waals surface area (Å²) in [5.74, 6) is -0.272. The SMILES string of the molecule is COCCN1C[C@@H](C(=O)NCc2cccc(C)c2)CC1=O. The van der Waals surface area contributed by atoms with Gasteiger partial charge in [-0.1, -0.05) is 29.8 Å². The Labute approximate surface area is 125 Å². The normalized spacial score (nSPS) is 18.1. The molecular formula is C16H22N2O3. The van der Waals surface area contributed by atoms with E-state index in [0.717, 1.165) is 5.56 Å². The van der Waals surface area contributed by atoms with Crippen LogP contribution in [-0.4, -0.2) is 43.5 Å². The first-order valence-electron chi connectivity index (χ1n) is 7.20. The number of nitrogens with one attached hydrogen (secondary N) is 1. The molecule has 0 unspecified atom stereocenters. The molecule has 1 saturated heterocycles. The molecule has 1 heterocycles. The number of aryl methyl sites for hydroxylation is 1. The molecule has 0 aromatic heterocycles. The highest BCUT2D eigenvalue weighted by Gasteiger charge is 2.33. The van der Waals surface area contributed by atoms with Gasteiger partial charge in [0.1, 0.15) is 0 Å². The van der Waals surface area contributed by atoms with Crippen molar-refractivity contribution in [2.75, 3.05) is 26.8 Å². The third kappa shape index (κ3) is 4.29. The second-order valence-corrected chi connectivity index (χ2v) is 5.44. The predicted octanol–water partition coefficient (Wildman–Crippen LogP) is 1.11. The summed E-state index contributed by atoms with van der Waals surface area (Å²) < 4.78 is 4.97. The van der Waals surface area contributed by atoms with E-state index < -0.39 is 0 Å². The van der Waals surface area contributed by atoms with Crippen LogP contribution in [0.15, 0.2) is 24.3 Å². The number of carbonyl (C=O) groups excluding carboxylic acids is 2. The van der Waals surface area contributed by atoms with Crippen LogP contribution in [0.3, 0.4) is 0 Å². The van der Waals surface area contributed by atoms with Crippen molar-refractivity contribution in [1.29, 1.82) is 0 Å².